The Labute approximate surface area is 163 Å². The van der Waals surface area contributed by atoms with Crippen LogP contribution in [0.15, 0.2) is 34.5 Å². The van der Waals surface area contributed by atoms with Gasteiger partial charge in [-0.2, -0.15) is 0 Å². The number of alkyl halides is 1. The number of amides is 1. The number of nitrogens with one attached hydrogen (secondary N) is 2. The van der Waals surface area contributed by atoms with E-state index in [-0.39, 0.29) is 18.0 Å². The van der Waals surface area contributed by atoms with Crippen LogP contribution in [0.2, 0.25) is 0 Å². The molecule has 2 unspecified atom stereocenters. The van der Waals surface area contributed by atoms with Gasteiger partial charge in [-0.15, -0.1) is 0 Å². The van der Waals surface area contributed by atoms with Crippen LogP contribution >= 0.6 is 0 Å². The average molecular weight is 384 g/mol. The smallest absolute Gasteiger partial charge is 0.255 e. The molecule has 1 fully saturated rings. The van der Waals surface area contributed by atoms with Crippen molar-refractivity contribution >= 4 is 22.8 Å². The van der Waals surface area contributed by atoms with E-state index in [9.17, 15) is 9.18 Å². The first-order valence-electron chi connectivity index (χ1n) is 9.53. The molecule has 2 N–H and O–H groups in total. The molecule has 4 rings (SSSR count). The third kappa shape index (κ3) is 3.19. The van der Waals surface area contributed by atoms with Gasteiger partial charge in [0.15, 0.2) is 0 Å². The average Bonchev–Trinajstić information content (AvgIpc) is 3.26. The van der Waals surface area contributed by atoms with Gasteiger partial charge in [0.1, 0.15) is 24.1 Å². The Morgan fingerprint density at radius 2 is 2.07 bits per heavy atom. The molecule has 148 valence electrons. The zero-order chi connectivity index (χ0) is 20.1. The molecule has 2 heterocycles. The van der Waals surface area contributed by atoms with Gasteiger partial charge in [0.25, 0.3) is 5.91 Å². The predicted octanol–water partition coefficient (Wildman–Crippen LogP) is 4.09. The highest BCUT2D eigenvalue weighted by molar-refractivity contribution is 6.10. The Bertz CT molecular complexity index is 1010. The maximum atomic E-state index is 14.7. The summed E-state index contributed by atoms with van der Waals surface area (Å²) >= 11 is 0. The van der Waals surface area contributed by atoms with E-state index in [1.807, 2.05) is 6.08 Å². The van der Waals surface area contributed by atoms with Gasteiger partial charge in [-0.05, 0) is 39.2 Å². The second-order valence-corrected chi connectivity index (χ2v) is 8.44. The van der Waals surface area contributed by atoms with Crippen LogP contribution in [0.5, 0.6) is 0 Å². The topological polar surface area (TPSA) is 80.1 Å². The van der Waals surface area contributed by atoms with Crippen molar-refractivity contribution in [1.82, 2.24) is 15.3 Å². The molecule has 28 heavy (non-hydrogen) atoms. The summed E-state index contributed by atoms with van der Waals surface area (Å²) in [5.41, 5.74) is 0.623. The van der Waals surface area contributed by atoms with E-state index in [0.717, 1.165) is 12.8 Å². The maximum absolute atomic E-state index is 14.7. The zero-order valence-corrected chi connectivity index (χ0v) is 16.6. The zero-order valence-electron chi connectivity index (χ0n) is 16.6. The number of aryl methyl sites for hydroxylation is 1. The quantitative estimate of drug-likeness (QED) is 0.812. The van der Waals surface area contributed by atoms with E-state index in [1.165, 1.54) is 6.33 Å². The third-order valence-corrected chi connectivity index (χ3v) is 5.76. The number of nitrogens with zero attached hydrogens (tertiary/aromatic N) is 2. The van der Waals surface area contributed by atoms with Gasteiger partial charge < -0.3 is 15.1 Å². The molecule has 2 aromatic rings. The summed E-state index contributed by atoms with van der Waals surface area (Å²) in [7, 11) is 0. The lowest BCUT2D eigenvalue weighted by atomic mass is 9.78. The highest BCUT2D eigenvalue weighted by atomic mass is 19.1. The molecule has 7 heteroatoms. The van der Waals surface area contributed by atoms with E-state index < -0.39 is 11.6 Å². The fourth-order valence-corrected chi connectivity index (χ4v) is 3.63. The number of furan rings is 1. The Hall–Kier alpha value is -2.70. The predicted molar refractivity (Wildman–Crippen MR) is 106 cm³/mol. The highest BCUT2D eigenvalue weighted by Crippen LogP contribution is 2.40. The number of carbonyl (C=O) groups excluding carboxylic acids is 1. The third-order valence-electron chi connectivity index (χ3n) is 5.76. The first-order chi connectivity index (χ1) is 13.2. The fourth-order valence-electron chi connectivity index (χ4n) is 3.63. The number of carbonyl (C=O) groups is 1. The molecular weight excluding hydrogens is 359 g/mol. The molecule has 2 aliphatic rings. The largest absolute Gasteiger partial charge is 0.442 e. The van der Waals surface area contributed by atoms with Gasteiger partial charge in [-0.1, -0.05) is 25.2 Å². The van der Waals surface area contributed by atoms with Crippen molar-refractivity contribution in [1.29, 1.82) is 0 Å². The van der Waals surface area contributed by atoms with E-state index >= 15 is 0 Å². The van der Waals surface area contributed by atoms with Crippen LogP contribution in [0.4, 0.5) is 10.2 Å². The number of hydrogen-bond donors (Lipinski definition) is 2. The van der Waals surface area contributed by atoms with Crippen molar-refractivity contribution in [2.24, 2.45) is 5.41 Å². The van der Waals surface area contributed by atoms with Crippen molar-refractivity contribution in [3.05, 3.63) is 41.5 Å². The standard InChI is InChI=1S/C21H25FN4O2/c1-12-6-5-7-20(3,16(12)22)10-23-18(27)14-13(2)28-19-15(14)17(24-11-25-19)26-21(4)8-9-21/h5-7,11,16H,8-10H2,1-4H3,(H,23,27)(H,24,25,26). The Balaban J connectivity index is 1.62. The van der Waals surface area contributed by atoms with E-state index in [0.29, 0.717) is 33.8 Å². The lowest BCUT2D eigenvalue weighted by Gasteiger charge is -2.32. The first kappa shape index (κ1) is 18.7. The monoisotopic (exact) mass is 384 g/mol. The van der Waals surface area contributed by atoms with Gasteiger partial charge >= 0.3 is 0 Å². The molecule has 0 bridgehead atoms. The summed E-state index contributed by atoms with van der Waals surface area (Å²) in [5, 5.41) is 6.86. The maximum Gasteiger partial charge on any atom is 0.255 e. The van der Waals surface area contributed by atoms with Gasteiger partial charge in [0, 0.05) is 17.5 Å². The molecule has 2 aromatic heterocycles. The van der Waals surface area contributed by atoms with Crippen LogP contribution in [0.1, 0.15) is 49.7 Å². The minimum absolute atomic E-state index is 0.00805. The van der Waals surface area contributed by atoms with Crippen LogP contribution in [0, 0.1) is 12.3 Å². The number of halogens is 1. The van der Waals surface area contributed by atoms with Crippen molar-refractivity contribution in [3.63, 3.8) is 0 Å². The molecule has 0 saturated heterocycles. The van der Waals surface area contributed by atoms with Crippen LogP contribution in [0.3, 0.4) is 0 Å². The number of allylic oxidation sites excluding steroid dienone is 3. The van der Waals surface area contributed by atoms with Crippen molar-refractivity contribution in [2.75, 3.05) is 11.9 Å². The SMILES string of the molecule is CC1=CC=CC(C)(CNC(=O)c2c(C)oc3ncnc(NC4(C)CC4)c23)C1F. The van der Waals surface area contributed by atoms with Crippen molar-refractivity contribution in [2.45, 2.75) is 52.2 Å². The fraction of sp³-hybridized carbons (Fsp3) is 0.476. The van der Waals surface area contributed by atoms with Gasteiger partial charge in [0.2, 0.25) is 5.71 Å². The highest BCUT2D eigenvalue weighted by Gasteiger charge is 2.39. The van der Waals surface area contributed by atoms with Gasteiger partial charge in [-0.3, -0.25) is 4.79 Å². The molecule has 6 nitrogen and oxygen atoms in total. The molecule has 0 aromatic carbocycles. The van der Waals surface area contributed by atoms with Gasteiger partial charge in [-0.25, -0.2) is 14.4 Å². The number of aromatic nitrogens is 2. The van der Waals surface area contributed by atoms with Crippen LogP contribution in [0.25, 0.3) is 11.1 Å². The second kappa shape index (κ2) is 6.43. The summed E-state index contributed by atoms with van der Waals surface area (Å²) in [6.45, 7) is 7.58. The minimum atomic E-state index is -1.14. The number of anilines is 1. The Morgan fingerprint density at radius 1 is 1.32 bits per heavy atom. The second-order valence-electron chi connectivity index (χ2n) is 8.44. The Kier molecular flexibility index (Phi) is 4.28. The van der Waals surface area contributed by atoms with Gasteiger partial charge in [0.05, 0.1) is 10.9 Å². The normalized spacial score (nSPS) is 25.5. The van der Waals surface area contributed by atoms with E-state index in [4.69, 9.17) is 4.42 Å². The summed E-state index contributed by atoms with van der Waals surface area (Å²) in [5.74, 6) is 0.746. The summed E-state index contributed by atoms with van der Waals surface area (Å²) < 4.78 is 20.4. The number of fused-ring (bicyclic) bond motifs is 1. The molecule has 2 aliphatic carbocycles. The van der Waals surface area contributed by atoms with Crippen LogP contribution in [-0.2, 0) is 0 Å². The summed E-state index contributed by atoms with van der Waals surface area (Å²) in [6, 6.07) is 0. The molecular formula is C21H25FN4O2. The molecule has 0 aliphatic heterocycles. The van der Waals surface area contributed by atoms with Crippen molar-refractivity contribution in [3.8, 4) is 0 Å². The Morgan fingerprint density at radius 3 is 2.79 bits per heavy atom. The van der Waals surface area contributed by atoms with E-state index in [1.54, 1.807) is 32.9 Å². The summed E-state index contributed by atoms with van der Waals surface area (Å²) in [6.07, 6.45) is 7.78. The summed E-state index contributed by atoms with van der Waals surface area (Å²) in [4.78, 5) is 21.5. The van der Waals surface area contributed by atoms with Crippen LogP contribution in [-0.4, -0.2) is 34.1 Å². The molecule has 1 saturated carbocycles. The lowest BCUT2D eigenvalue weighted by molar-refractivity contribution is 0.0925. The van der Waals surface area contributed by atoms with Crippen molar-refractivity contribution < 1.29 is 13.6 Å². The minimum Gasteiger partial charge on any atom is -0.442 e. The number of rotatable bonds is 5. The molecule has 0 radical (unpaired) electrons. The molecule has 2 atom stereocenters. The first-order valence-corrected chi connectivity index (χ1v) is 9.53. The molecule has 0 spiro atoms. The number of hydrogen-bond acceptors (Lipinski definition) is 5. The van der Waals surface area contributed by atoms with E-state index in [2.05, 4.69) is 27.5 Å². The lowest BCUT2D eigenvalue weighted by Crippen LogP contribution is -2.42. The van der Waals surface area contributed by atoms with Crippen LogP contribution < -0.4 is 10.6 Å². The molecule has 1 amide bonds.